The molecule has 64 heavy (non-hydrogen) atoms. The Balaban J connectivity index is 1.16. The molecule has 4 nitrogen and oxygen atoms in total. The van der Waals surface area contributed by atoms with Crippen molar-refractivity contribution in [2.24, 2.45) is 0 Å². The summed E-state index contributed by atoms with van der Waals surface area (Å²) >= 11 is 0. The summed E-state index contributed by atoms with van der Waals surface area (Å²) in [5.74, 6) is 0.648. The van der Waals surface area contributed by atoms with E-state index in [4.69, 9.17) is 15.0 Å². The van der Waals surface area contributed by atoms with Crippen LogP contribution in [-0.4, -0.2) is 19.5 Å². The van der Waals surface area contributed by atoms with Crippen molar-refractivity contribution in [1.82, 2.24) is 19.5 Å². The van der Waals surface area contributed by atoms with Crippen molar-refractivity contribution in [3.05, 3.63) is 230 Å². The highest BCUT2D eigenvalue weighted by molar-refractivity contribution is 6.12. The van der Waals surface area contributed by atoms with E-state index in [1.54, 1.807) is 0 Å². The first-order valence-electron chi connectivity index (χ1n) is 21.9. The van der Waals surface area contributed by atoms with Gasteiger partial charge in [-0.1, -0.05) is 178 Å². The van der Waals surface area contributed by atoms with Crippen LogP contribution >= 0.6 is 0 Å². The van der Waals surface area contributed by atoms with Crippen LogP contribution < -0.4 is 0 Å². The highest BCUT2D eigenvalue weighted by atomic mass is 15.0. The molecule has 0 aliphatic heterocycles. The number of nitrogens with zero attached hydrogens (tertiary/aromatic N) is 4. The largest absolute Gasteiger partial charge is 0.309 e. The Bertz CT molecular complexity index is 3440. The van der Waals surface area contributed by atoms with Gasteiger partial charge in [0, 0.05) is 44.0 Å². The fourth-order valence-electron chi connectivity index (χ4n) is 9.81. The predicted molar refractivity (Wildman–Crippen MR) is 264 cm³/mol. The Morgan fingerprint density at radius 2 is 0.875 bits per heavy atom. The summed E-state index contributed by atoms with van der Waals surface area (Å²) in [5.41, 5.74) is 19.2. The SMILES string of the molecule is CC1(C)c2ccccc2-c2cc3c(cc21)c1ccccc1n3-c1ccc(-c2nc(-c3ccccc3)cc(-c3ccccc3)n2)cc1-c1cc(-c2ccccc2)cc(-c2ccccc2)n1. The summed E-state index contributed by atoms with van der Waals surface area (Å²) in [6, 6.07) is 77.7. The molecule has 11 aromatic rings. The van der Waals surface area contributed by atoms with Gasteiger partial charge < -0.3 is 4.57 Å². The first kappa shape index (κ1) is 37.5. The van der Waals surface area contributed by atoms with E-state index < -0.39 is 0 Å². The van der Waals surface area contributed by atoms with Gasteiger partial charge in [-0.3, -0.25) is 0 Å². The number of benzene rings is 8. The highest BCUT2D eigenvalue weighted by Gasteiger charge is 2.36. The van der Waals surface area contributed by atoms with Crippen molar-refractivity contribution in [3.8, 4) is 84.4 Å². The molecule has 0 atom stereocenters. The van der Waals surface area contributed by atoms with Crippen LogP contribution in [0.25, 0.3) is 106 Å². The van der Waals surface area contributed by atoms with Gasteiger partial charge in [-0.05, 0) is 88.0 Å². The molecule has 0 unspecified atom stereocenters. The second-order valence-electron chi connectivity index (χ2n) is 17.2. The third-order valence-electron chi connectivity index (χ3n) is 13.0. The van der Waals surface area contributed by atoms with E-state index in [0.717, 1.165) is 78.4 Å². The van der Waals surface area contributed by atoms with Crippen LogP contribution in [0.5, 0.6) is 0 Å². The first-order valence-corrected chi connectivity index (χ1v) is 21.9. The average Bonchev–Trinajstić information content (AvgIpc) is 3.81. The molecule has 0 spiro atoms. The van der Waals surface area contributed by atoms with Crippen LogP contribution in [-0.2, 0) is 5.41 Å². The Kier molecular flexibility index (Phi) is 8.80. The monoisotopic (exact) mass is 818 g/mol. The predicted octanol–water partition coefficient (Wildman–Crippen LogP) is 15.3. The lowest BCUT2D eigenvalue weighted by Gasteiger charge is -2.21. The molecular formula is C60H42N4. The van der Waals surface area contributed by atoms with Crippen LogP contribution in [0.4, 0.5) is 0 Å². The fraction of sp³-hybridized carbons (Fsp3) is 0.0500. The van der Waals surface area contributed by atoms with Gasteiger partial charge in [-0.2, -0.15) is 0 Å². The summed E-state index contributed by atoms with van der Waals surface area (Å²) < 4.78 is 2.45. The minimum absolute atomic E-state index is 0.126. The topological polar surface area (TPSA) is 43.6 Å². The number of aromatic nitrogens is 4. The smallest absolute Gasteiger partial charge is 0.160 e. The van der Waals surface area contributed by atoms with Crippen molar-refractivity contribution >= 4 is 21.8 Å². The summed E-state index contributed by atoms with van der Waals surface area (Å²) in [7, 11) is 0. The molecule has 4 heteroatoms. The van der Waals surface area contributed by atoms with Gasteiger partial charge in [0.1, 0.15) is 0 Å². The number of hydrogen-bond donors (Lipinski definition) is 0. The summed E-state index contributed by atoms with van der Waals surface area (Å²) in [5, 5.41) is 2.44. The van der Waals surface area contributed by atoms with E-state index in [2.05, 4.69) is 225 Å². The lowest BCUT2D eigenvalue weighted by molar-refractivity contribution is 0.661. The molecule has 0 saturated carbocycles. The normalized spacial score (nSPS) is 12.7. The molecule has 8 aromatic carbocycles. The second-order valence-corrected chi connectivity index (χ2v) is 17.2. The number of fused-ring (bicyclic) bond motifs is 6. The zero-order valence-corrected chi connectivity index (χ0v) is 35.6. The van der Waals surface area contributed by atoms with E-state index in [0.29, 0.717) is 5.82 Å². The van der Waals surface area contributed by atoms with Crippen LogP contribution in [0.1, 0.15) is 25.0 Å². The standard InChI is InChI=1S/C60H42N4/c1-60(2)50-29-17-15-27-45(50)47-37-58-48(36-51(47)60)46-28-16-18-30-56(46)64(58)57-32-31-43(59-62-53(41-23-11-5-12-24-41)38-54(63-59)42-25-13-6-14-26-42)33-49(57)55-35-44(39-19-7-3-8-20-39)34-52(61-55)40-21-9-4-10-22-40/h3-38H,1-2H3. The molecule has 3 aromatic heterocycles. The molecule has 0 radical (unpaired) electrons. The van der Waals surface area contributed by atoms with Gasteiger partial charge >= 0.3 is 0 Å². The molecule has 0 amide bonds. The maximum absolute atomic E-state index is 5.55. The molecule has 12 rings (SSSR count). The van der Waals surface area contributed by atoms with Gasteiger partial charge in [0.15, 0.2) is 5.82 Å². The third-order valence-corrected chi connectivity index (χ3v) is 13.0. The van der Waals surface area contributed by atoms with Gasteiger partial charge in [0.25, 0.3) is 0 Å². The number of hydrogen-bond acceptors (Lipinski definition) is 3. The molecule has 0 fully saturated rings. The van der Waals surface area contributed by atoms with Gasteiger partial charge in [0.2, 0.25) is 0 Å². The summed E-state index contributed by atoms with van der Waals surface area (Å²) in [6.45, 7) is 4.71. The van der Waals surface area contributed by atoms with Crippen molar-refractivity contribution < 1.29 is 0 Å². The lowest BCUT2D eigenvalue weighted by atomic mass is 9.82. The third kappa shape index (κ3) is 6.26. The molecular weight excluding hydrogens is 777 g/mol. The Morgan fingerprint density at radius 3 is 1.53 bits per heavy atom. The van der Waals surface area contributed by atoms with Crippen molar-refractivity contribution in [2.45, 2.75) is 19.3 Å². The second kappa shape index (κ2) is 15.0. The minimum atomic E-state index is -0.126. The lowest BCUT2D eigenvalue weighted by Crippen LogP contribution is -2.14. The Morgan fingerprint density at radius 1 is 0.328 bits per heavy atom. The first-order chi connectivity index (χ1) is 31.5. The molecule has 0 bridgehead atoms. The number of pyridine rings is 1. The molecule has 0 N–H and O–H groups in total. The summed E-state index contributed by atoms with van der Waals surface area (Å²) in [6.07, 6.45) is 0. The van der Waals surface area contributed by atoms with Crippen molar-refractivity contribution in [3.63, 3.8) is 0 Å². The molecule has 302 valence electrons. The quantitative estimate of drug-likeness (QED) is 0.161. The van der Waals surface area contributed by atoms with E-state index in [1.807, 2.05) is 12.1 Å². The van der Waals surface area contributed by atoms with Crippen LogP contribution in [0.15, 0.2) is 218 Å². The van der Waals surface area contributed by atoms with E-state index in [1.165, 1.54) is 33.0 Å². The minimum Gasteiger partial charge on any atom is -0.309 e. The molecule has 1 aliphatic carbocycles. The molecule has 0 saturated heterocycles. The average molecular weight is 819 g/mol. The van der Waals surface area contributed by atoms with Crippen LogP contribution in [0, 0.1) is 0 Å². The zero-order chi connectivity index (χ0) is 42.8. The maximum atomic E-state index is 5.55. The van der Waals surface area contributed by atoms with E-state index in [9.17, 15) is 0 Å². The van der Waals surface area contributed by atoms with Gasteiger partial charge in [0.05, 0.1) is 39.5 Å². The van der Waals surface area contributed by atoms with Crippen molar-refractivity contribution in [2.75, 3.05) is 0 Å². The van der Waals surface area contributed by atoms with E-state index in [-0.39, 0.29) is 5.41 Å². The van der Waals surface area contributed by atoms with Crippen LogP contribution in [0.2, 0.25) is 0 Å². The van der Waals surface area contributed by atoms with Gasteiger partial charge in [-0.25, -0.2) is 15.0 Å². The molecule has 3 heterocycles. The van der Waals surface area contributed by atoms with Gasteiger partial charge in [-0.15, -0.1) is 0 Å². The number of para-hydroxylation sites is 1. The van der Waals surface area contributed by atoms with Crippen LogP contribution in [0.3, 0.4) is 0 Å². The molecule has 1 aliphatic rings. The Hall–Kier alpha value is -8.21. The Labute approximate surface area is 372 Å². The number of rotatable bonds is 7. The maximum Gasteiger partial charge on any atom is 0.160 e. The van der Waals surface area contributed by atoms with E-state index >= 15 is 0 Å². The van der Waals surface area contributed by atoms with Crippen molar-refractivity contribution in [1.29, 1.82) is 0 Å². The summed E-state index contributed by atoms with van der Waals surface area (Å²) in [4.78, 5) is 16.1. The zero-order valence-electron chi connectivity index (χ0n) is 35.6. The fourth-order valence-corrected chi connectivity index (χ4v) is 9.81. The highest BCUT2D eigenvalue weighted by Crippen LogP contribution is 2.51.